The van der Waals surface area contributed by atoms with E-state index < -0.39 is 6.03 Å². The zero-order valence-corrected chi connectivity index (χ0v) is 14.1. The first-order valence-electron chi connectivity index (χ1n) is 7.45. The summed E-state index contributed by atoms with van der Waals surface area (Å²) in [5.74, 6) is 0.365. The van der Waals surface area contributed by atoms with Crippen LogP contribution in [0.15, 0.2) is 55.3 Å². The van der Waals surface area contributed by atoms with Crippen molar-refractivity contribution in [2.45, 2.75) is 0 Å². The number of amides is 2. The Kier molecular flexibility index (Phi) is 4.80. The van der Waals surface area contributed by atoms with Gasteiger partial charge in [-0.05, 0) is 24.3 Å². The van der Waals surface area contributed by atoms with Crippen LogP contribution in [0.5, 0.6) is 0 Å². The number of urea groups is 1. The monoisotopic (exact) mass is 352 g/mol. The lowest BCUT2D eigenvalue weighted by Gasteiger charge is -2.13. The molecule has 0 aliphatic carbocycles. The van der Waals surface area contributed by atoms with E-state index >= 15 is 0 Å². The van der Waals surface area contributed by atoms with Crippen LogP contribution < -0.4 is 11.1 Å². The highest BCUT2D eigenvalue weighted by atomic mass is 32.1. The van der Waals surface area contributed by atoms with Crippen LogP contribution in [0.3, 0.4) is 0 Å². The highest BCUT2D eigenvalue weighted by molar-refractivity contribution is 7.78. The van der Waals surface area contributed by atoms with Crippen molar-refractivity contribution in [3.8, 4) is 11.3 Å². The molecule has 0 atom stereocenters. The van der Waals surface area contributed by atoms with Crippen molar-refractivity contribution in [2.75, 3.05) is 17.6 Å². The normalized spacial score (nSPS) is 10.4. The molecular weight excluding hydrogens is 336 g/mol. The Morgan fingerprint density at radius 1 is 1.24 bits per heavy atom. The highest BCUT2D eigenvalue weighted by Crippen LogP contribution is 2.20. The van der Waals surface area contributed by atoms with Gasteiger partial charge in [-0.2, -0.15) is 0 Å². The molecule has 0 saturated heterocycles. The zero-order chi connectivity index (χ0) is 17.8. The van der Waals surface area contributed by atoms with Gasteiger partial charge in [0.25, 0.3) is 0 Å². The lowest BCUT2D eigenvalue weighted by atomic mass is 10.1. The molecule has 0 spiro atoms. The van der Waals surface area contributed by atoms with E-state index in [-0.39, 0.29) is 0 Å². The Morgan fingerprint density at radius 3 is 2.72 bits per heavy atom. The lowest BCUT2D eigenvalue weighted by Crippen LogP contribution is -2.27. The van der Waals surface area contributed by atoms with E-state index in [1.165, 1.54) is 4.31 Å². The molecule has 7 nitrogen and oxygen atoms in total. The van der Waals surface area contributed by atoms with Gasteiger partial charge in [0, 0.05) is 11.3 Å². The number of rotatable bonds is 4. The summed E-state index contributed by atoms with van der Waals surface area (Å²) in [5.41, 5.74) is 9.00. The topological polar surface area (TPSA) is 97.0 Å². The van der Waals surface area contributed by atoms with Gasteiger partial charge in [-0.15, -0.1) is 6.58 Å². The van der Waals surface area contributed by atoms with E-state index in [0.717, 1.165) is 5.56 Å². The van der Waals surface area contributed by atoms with Gasteiger partial charge in [-0.3, -0.25) is 14.6 Å². The fourth-order valence-corrected chi connectivity index (χ4v) is 2.31. The van der Waals surface area contributed by atoms with Crippen LogP contribution in [-0.4, -0.2) is 31.8 Å². The van der Waals surface area contributed by atoms with Gasteiger partial charge < -0.3 is 5.73 Å². The molecule has 2 amide bonds. The van der Waals surface area contributed by atoms with Crippen LogP contribution in [-0.2, 0) is 0 Å². The average Bonchev–Trinajstić information content (AvgIpc) is 2.62. The summed E-state index contributed by atoms with van der Waals surface area (Å²) in [6.07, 6.45) is 3.25. The number of thiol groups is 1. The number of anilines is 2. The molecule has 3 rings (SSSR count). The second-order valence-corrected chi connectivity index (χ2v) is 5.70. The Bertz CT molecular complexity index is 928. The molecule has 3 N–H and O–H groups in total. The summed E-state index contributed by atoms with van der Waals surface area (Å²) in [6, 6.07) is 10.3. The zero-order valence-electron chi connectivity index (χ0n) is 13.3. The van der Waals surface area contributed by atoms with E-state index in [9.17, 15) is 4.79 Å². The smallest absolute Gasteiger partial charge is 0.333 e. The molecule has 126 valence electrons. The maximum atomic E-state index is 12.0. The number of nitrogen functional groups attached to an aromatic ring is 1. The molecule has 8 heteroatoms. The SMILES string of the molecule is C=CCN(S)C(=O)Nc1ccc2ncc(-c3ccc(N)cc3)nc2n1. The van der Waals surface area contributed by atoms with Crippen molar-refractivity contribution < 1.29 is 4.79 Å². The third kappa shape index (κ3) is 3.86. The van der Waals surface area contributed by atoms with Gasteiger partial charge in [0.15, 0.2) is 5.65 Å². The van der Waals surface area contributed by atoms with Crippen molar-refractivity contribution in [1.82, 2.24) is 19.3 Å². The van der Waals surface area contributed by atoms with Gasteiger partial charge in [-0.1, -0.05) is 31.0 Å². The molecule has 1 aromatic carbocycles. The molecule has 2 aromatic heterocycles. The van der Waals surface area contributed by atoms with Crippen molar-refractivity contribution in [3.63, 3.8) is 0 Å². The van der Waals surface area contributed by atoms with E-state index in [1.54, 1.807) is 36.5 Å². The van der Waals surface area contributed by atoms with Gasteiger partial charge >= 0.3 is 6.03 Å². The molecule has 0 saturated carbocycles. The number of carbonyl (C=O) groups excluding carboxylic acids is 1. The quantitative estimate of drug-likeness (QED) is 0.381. The van der Waals surface area contributed by atoms with Gasteiger partial charge in [0.05, 0.1) is 18.4 Å². The number of fused-ring (bicyclic) bond motifs is 1. The average molecular weight is 352 g/mol. The van der Waals surface area contributed by atoms with Crippen LogP contribution >= 0.6 is 12.8 Å². The van der Waals surface area contributed by atoms with E-state index in [4.69, 9.17) is 5.73 Å². The highest BCUT2D eigenvalue weighted by Gasteiger charge is 2.10. The summed E-state index contributed by atoms with van der Waals surface area (Å²) < 4.78 is 1.19. The predicted molar refractivity (Wildman–Crippen MR) is 102 cm³/mol. The number of hydrogen-bond acceptors (Lipinski definition) is 6. The van der Waals surface area contributed by atoms with Crippen LogP contribution in [0.2, 0.25) is 0 Å². The molecule has 0 aliphatic rings. The number of nitrogens with two attached hydrogens (primary N) is 1. The molecule has 0 unspecified atom stereocenters. The van der Waals surface area contributed by atoms with Crippen molar-refractivity contribution in [1.29, 1.82) is 0 Å². The fraction of sp³-hybridized carbons (Fsp3) is 0.0588. The minimum Gasteiger partial charge on any atom is -0.399 e. The van der Waals surface area contributed by atoms with Crippen molar-refractivity contribution in [2.24, 2.45) is 0 Å². The molecule has 2 heterocycles. The Balaban J connectivity index is 1.89. The van der Waals surface area contributed by atoms with Crippen LogP contribution in [0.25, 0.3) is 22.4 Å². The maximum Gasteiger partial charge on any atom is 0.333 e. The Labute approximate surface area is 150 Å². The van der Waals surface area contributed by atoms with Crippen molar-refractivity contribution >= 4 is 41.5 Å². The second kappa shape index (κ2) is 7.18. The van der Waals surface area contributed by atoms with E-state index in [2.05, 4.69) is 39.7 Å². The summed E-state index contributed by atoms with van der Waals surface area (Å²) in [4.78, 5) is 25.2. The molecule has 0 bridgehead atoms. The largest absolute Gasteiger partial charge is 0.399 e. The standard InChI is InChI=1S/C17H16N6OS/c1-2-9-23(25)17(24)22-15-8-7-13-16(21-15)20-14(10-19-13)11-3-5-12(18)6-4-11/h2-8,10,25H,1,9,18H2,(H,20,21,22,24). The van der Waals surface area contributed by atoms with Gasteiger partial charge in [0.2, 0.25) is 0 Å². The van der Waals surface area contributed by atoms with Gasteiger partial charge in [0.1, 0.15) is 11.3 Å². The van der Waals surface area contributed by atoms with Crippen LogP contribution in [0, 0.1) is 0 Å². The van der Waals surface area contributed by atoms with Crippen molar-refractivity contribution in [3.05, 3.63) is 55.3 Å². The maximum absolute atomic E-state index is 12.0. The van der Waals surface area contributed by atoms with E-state index in [0.29, 0.717) is 34.9 Å². The Morgan fingerprint density at radius 2 is 2.00 bits per heavy atom. The summed E-state index contributed by atoms with van der Waals surface area (Å²) in [7, 11) is 0. The lowest BCUT2D eigenvalue weighted by molar-refractivity contribution is 0.241. The number of benzene rings is 1. The second-order valence-electron chi connectivity index (χ2n) is 5.22. The third-order valence-electron chi connectivity index (χ3n) is 3.38. The minimum absolute atomic E-state index is 0.309. The summed E-state index contributed by atoms with van der Waals surface area (Å²) >= 11 is 4.07. The first-order chi connectivity index (χ1) is 12.1. The predicted octanol–water partition coefficient (Wildman–Crippen LogP) is 3.14. The van der Waals surface area contributed by atoms with Crippen LogP contribution in [0.4, 0.5) is 16.3 Å². The van der Waals surface area contributed by atoms with E-state index in [1.807, 2.05) is 12.1 Å². The number of carbonyl (C=O) groups is 1. The molecule has 0 fully saturated rings. The molecule has 0 radical (unpaired) electrons. The number of hydrogen-bond donors (Lipinski definition) is 3. The Hall–Kier alpha value is -3.13. The molecular formula is C17H16N6OS. The fourth-order valence-electron chi connectivity index (χ4n) is 2.14. The minimum atomic E-state index is -0.405. The number of aromatic nitrogens is 3. The summed E-state index contributed by atoms with van der Waals surface area (Å²) in [6.45, 7) is 3.87. The first-order valence-corrected chi connectivity index (χ1v) is 7.85. The number of nitrogens with zero attached hydrogens (tertiary/aromatic N) is 4. The number of nitrogens with one attached hydrogen (secondary N) is 1. The molecule has 0 aliphatic heterocycles. The summed E-state index contributed by atoms with van der Waals surface area (Å²) in [5, 5.41) is 2.65. The molecule has 25 heavy (non-hydrogen) atoms. The van der Waals surface area contributed by atoms with Gasteiger partial charge in [-0.25, -0.2) is 14.8 Å². The van der Waals surface area contributed by atoms with Crippen LogP contribution in [0.1, 0.15) is 0 Å². The molecule has 3 aromatic rings. The number of pyridine rings is 1. The first kappa shape index (κ1) is 16.7. The third-order valence-corrected chi connectivity index (χ3v) is 3.73.